The second-order valence-electron chi connectivity index (χ2n) is 9.92. The van der Waals surface area contributed by atoms with Gasteiger partial charge in [0, 0.05) is 6.42 Å². The first-order valence-electron chi connectivity index (χ1n) is 13.6. The van der Waals surface area contributed by atoms with Crippen LogP contribution >= 0.6 is 0 Å². The molecular weight excluding hydrogens is 488 g/mol. The molecule has 0 aliphatic heterocycles. The predicted molar refractivity (Wildman–Crippen MR) is 151 cm³/mol. The first kappa shape index (κ1) is 27.3. The number of rotatable bonds is 12. The molecule has 5 rings (SSSR count). The SMILES string of the molecule is O[C@H]1C[C@@H](OCc2ccccc2)[C@H](OCc2ccccc2)[C@@H](OCc2ccccc2)[C@@H]1OCc1ccccc1. The molecule has 1 saturated carbocycles. The highest BCUT2D eigenvalue weighted by atomic mass is 16.6. The van der Waals surface area contributed by atoms with Crippen molar-refractivity contribution >= 4 is 0 Å². The molecule has 0 unspecified atom stereocenters. The standard InChI is InChI=1S/C34H36O5/c35-30-21-31(36-22-26-13-5-1-6-14-26)33(38-24-28-17-9-3-10-18-28)34(39-25-29-19-11-4-12-20-29)32(30)37-23-27-15-7-2-8-16-27/h1-20,30-35H,21-25H2/t30-,31+,32+,33-,34-/m0/s1. The summed E-state index contributed by atoms with van der Waals surface area (Å²) in [5.74, 6) is 0. The van der Waals surface area contributed by atoms with E-state index in [9.17, 15) is 5.11 Å². The van der Waals surface area contributed by atoms with Gasteiger partial charge in [0.05, 0.1) is 38.6 Å². The third-order valence-corrected chi connectivity index (χ3v) is 7.03. The van der Waals surface area contributed by atoms with Crippen LogP contribution in [0.15, 0.2) is 121 Å². The minimum absolute atomic E-state index is 0.370. The number of hydrogen-bond acceptors (Lipinski definition) is 5. The van der Waals surface area contributed by atoms with Crippen LogP contribution in [0.1, 0.15) is 28.7 Å². The zero-order valence-corrected chi connectivity index (χ0v) is 22.0. The third-order valence-electron chi connectivity index (χ3n) is 7.03. The average molecular weight is 525 g/mol. The van der Waals surface area contributed by atoms with E-state index in [1.54, 1.807) is 0 Å². The summed E-state index contributed by atoms with van der Waals surface area (Å²) < 4.78 is 25.9. The molecule has 0 bridgehead atoms. The lowest BCUT2D eigenvalue weighted by atomic mass is 9.86. The Balaban J connectivity index is 1.38. The number of ether oxygens (including phenoxy) is 4. The average Bonchev–Trinajstić information content (AvgIpc) is 3.00. The van der Waals surface area contributed by atoms with Crippen molar-refractivity contribution in [3.05, 3.63) is 144 Å². The highest BCUT2D eigenvalue weighted by molar-refractivity contribution is 5.16. The van der Waals surface area contributed by atoms with Gasteiger partial charge < -0.3 is 24.1 Å². The molecule has 5 atom stereocenters. The van der Waals surface area contributed by atoms with E-state index in [1.807, 2.05) is 121 Å². The van der Waals surface area contributed by atoms with Gasteiger partial charge in [-0.2, -0.15) is 0 Å². The molecule has 5 heteroatoms. The summed E-state index contributed by atoms with van der Waals surface area (Å²) in [6.07, 6.45) is -2.32. The first-order valence-corrected chi connectivity index (χ1v) is 13.6. The summed E-state index contributed by atoms with van der Waals surface area (Å²) in [7, 11) is 0. The van der Waals surface area contributed by atoms with Crippen LogP contribution in [-0.4, -0.2) is 35.6 Å². The first-order chi connectivity index (χ1) is 19.3. The Kier molecular flexibility index (Phi) is 9.91. The molecule has 1 aliphatic carbocycles. The van der Waals surface area contributed by atoms with Gasteiger partial charge in [0.15, 0.2) is 0 Å². The molecule has 0 saturated heterocycles. The summed E-state index contributed by atoms with van der Waals surface area (Å²) in [4.78, 5) is 0. The summed E-state index contributed by atoms with van der Waals surface area (Å²) in [6, 6.07) is 40.1. The molecule has 0 spiro atoms. The van der Waals surface area contributed by atoms with Crippen LogP contribution in [0.5, 0.6) is 0 Å². The van der Waals surface area contributed by atoms with Crippen molar-refractivity contribution in [3.63, 3.8) is 0 Å². The van der Waals surface area contributed by atoms with Crippen molar-refractivity contribution in [1.29, 1.82) is 0 Å². The molecule has 0 aromatic heterocycles. The molecule has 0 amide bonds. The fourth-order valence-corrected chi connectivity index (χ4v) is 4.96. The predicted octanol–water partition coefficient (Wildman–Crippen LogP) is 6.09. The fourth-order valence-electron chi connectivity index (χ4n) is 4.96. The van der Waals surface area contributed by atoms with Crippen LogP contribution in [0.4, 0.5) is 0 Å². The summed E-state index contributed by atoms with van der Waals surface area (Å²) in [6.45, 7) is 1.57. The van der Waals surface area contributed by atoms with Crippen LogP contribution in [0.3, 0.4) is 0 Å². The Morgan fingerprint density at radius 1 is 0.436 bits per heavy atom. The van der Waals surface area contributed by atoms with Gasteiger partial charge in [-0.15, -0.1) is 0 Å². The Hall–Kier alpha value is -3.32. The Morgan fingerprint density at radius 2 is 0.769 bits per heavy atom. The smallest absolute Gasteiger partial charge is 0.115 e. The monoisotopic (exact) mass is 524 g/mol. The molecule has 4 aromatic rings. The van der Waals surface area contributed by atoms with E-state index in [-0.39, 0.29) is 6.10 Å². The van der Waals surface area contributed by atoms with Crippen LogP contribution in [0.2, 0.25) is 0 Å². The summed E-state index contributed by atoms with van der Waals surface area (Å²) in [5, 5.41) is 11.3. The zero-order chi connectivity index (χ0) is 26.7. The molecule has 5 nitrogen and oxygen atoms in total. The van der Waals surface area contributed by atoms with E-state index >= 15 is 0 Å². The number of hydrogen-bond donors (Lipinski definition) is 1. The molecule has 202 valence electrons. The van der Waals surface area contributed by atoms with E-state index in [0.717, 1.165) is 22.3 Å². The molecule has 4 aromatic carbocycles. The van der Waals surface area contributed by atoms with Crippen molar-refractivity contribution in [2.45, 2.75) is 63.4 Å². The van der Waals surface area contributed by atoms with Crippen molar-refractivity contribution in [3.8, 4) is 0 Å². The Morgan fingerprint density at radius 3 is 1.18 bits per heavy atom. The van der Waals surface area contributed by atoms with Gasteiger partial charge >= 0.3 is 0 Å². The van der Waals surface area contributed by atoms with Gasteiger partial charge in [-0.3, -0.25) is 0 Å². The molecule has 1 fully saturated rings. The van der Waals surface area contributed by atoms with Crippen LogP contribution in [0.25, 0.3) is 0 Å². The number of aliphatic hydroxyl groups excluding tert-OH is 1. The number of aliphatic hydroxyl groups is 1. The largest absolute Gasteiger partial charge is 0.390 e. The van der Waals surface area contributed by atoms with Gasteiger partial charge in [-0.1, -0.05) is 121 Å². The van der Waals surface area contributed by atoms with Gasteiger partial charge in [-0.25, -0.2) is 0 Å². The maximum Gasteiger partial charge on any atom is 0.115 e. The maximum absolute atomic E-state index is 11.3. The zero-order valence-electron chi connectivity index (χ0n) is 22.0. The maximum atomic E-state index is 11.3. The van der Waals surface area contributed by atoms with E-state index in [4.69, 9.17) is 18.9 Å². The van der Waals surface area contributed by atoms with E-state index in [0.29, 0.717) is 32.8 Å². The molecule has 0 heterocycles. The fraction of sp³-hybridized carbons (Fsp3) is 0.294. The minimum atomic E-state index is -0.771. The van der Waals surface area contributed by atoms with Crippen molar-refractivity contribution < 1.29 is 24.1 Å². The minimum Gasteiger partial charge on any atom is -0.390 e. The topological polar surface area (TPSA) is 57.2 Å². The van der Waals surface area contributed by atoms with Gasteiger partial charge in [-0.05, 0) is 22.3 Å². The van der Waals surface area contributed by atoms with Crippen LogP contribution < -0.4 is 0 Å². The summed E-state index contributed by atoms with van der Waals surface area (Å²) >= 11 is 0. The number of benzene rings is 4. The lowest BCUT2D eigenvalue weighted by Gasteiger charge is -2.44. The van der Waals surface area contributed by atoms with Gasteiger partial charge in [0.1, 0.15) is 18.3 Å². The van der Waals surface area contributed by atoms with Crippen molar-refractivity contribution in [2.75, 3.05) is 0 Å². The molecular formula is C34H36O5. The highest BCUT2D eigenvalue weighted by Crippen LogP contribution is 2.32. The van der Waals surface area contributed by atoms with Gasteiger partial charge in [0.2, 0.25) is 0 Å². The molecule has 0 radical (unpaired) electrons. The van der Waals surface area contributed by atoms with Crippen LogP contribution in [0, 0.1) is 0 Å². The van der Waals surface area contributed by atoms with E-state index in [2.05, 4.69) is 0 Å². The van der Waals surface area contributed by atoms with Crippen molar-refractivity contribution in [1.82, 2.24) is 0 Å². The molecule has 1 N–H and O–H groups in total. The van der Waals surface area contributed by atoms with Gasteiger partial charge in [0.25, 0.3) is 0 Å². The lowest BCUT2D eigenvalue weighted by molar-refractivity contribution is -0.240. The highest BCUT2D eigenvalue weighted by Gasteiger charge is 2.47. The Bertz CT molecular complexity index is 1220. The summed E-state index contributed by atoms with van der Waals surface area (Å²) in [5.41, 5.74) is 4.21. The quantitative estimate of drug-likeness (QED) is 0.243. The normalized spacial score (nSPS) is 22.9. The lowest BCUT2D eigenvalue weighted by Crippen LogP contribution is -2.59. The van der Waals surface area contributed by atoms with E-state index in [1.165, 1.54) is 0 Å². The molecule has 39 heavy (non-hydrogen) atoms. The van der Waals surface area contributed by atoms with Crippen LogP contribution in [-0.2, 0) is 45.4 Å². The third kappa shape index (κ3) is 7.85. The van der Waals surface area contributed by atoms with E-state index < -0.39 is 24.4 Å². The second kappa shape index (κ2) is 14.2. The molecule has 1 aliphatic rings. The Labute approximate surface area is 230 Å². The second-order valence-corrected chi connectivity index (χ2v) is 9.92. The van der Waals surface area contributed by atoms with Crippen molar-refractivity contribution in [2.24, 2.45) is 0 Å².